The monoisotopic (exact) mass is 302 g/mol. The molecule has 1 nitrogen and oxygen atoms in total. The van der Waals surface area contributed by atoms with Crippen molar-refractivity contribution in [1.29, 1.82) is 0 Å². The van der Waals surface area contributed by atoms with E-state index in [0.29, 0.717) is 31.2 Å². The van der Waals surface area contributed by atoms with Crippen LogP contribution in [0, 0.1) is 17.6 Å². The molecule has 0 N–H and O–H groups in total. The number of hydrogen-bond donors (Lipinski definition) is 0. The minimum atomic E-state index is -1.67. The first-order chi connectivity index (χ1) is 10.0. The molecule has 1 saturated carbocycles. The smallest absolute Gasteiger partial charge is 0.266 e. The Bertz CT molecular complexity index is 515. The van der Waals surface area contributed by atoms with Gasteiger partial charge in [0, 0.05) is 0 Å². The van der Waals surface area contributed by atoms with Crippen LogP contribution in [0.2, 0.25) is 0 Å². The van der Waals surface area contributed by atoms with Crippen molar-refractivity contribution in [2.75, 3.05) is 6.61 Å². The molecule has 0 atom stereocenters. The zero-order valence-electron chi connectivity index (χ0n) is 11.8. The lowest BCUT2D eigenvalue weighted by atomic mass is 9.78. The second kappa shape index (κ2) is 6.96. The maximum Gasteiger partial charge on any atom is 0.266 e. The van der Waals surface area contributed by atoms with Crippen molar-refractivity contribution < 1.29 is 22.3 Å². The van der Waals surface area contributed by atoms with Crippen molar-refractivity contribution in [3.8, 4) is 5.75 Å². The maximum absolute atomic E-state index is 14.1. The summed E-state index contributed by atoms with van der Waals surface area (Å²) in [6.45, 7) is 1.96. The average molecular weight is 302 g/mol. The Morgan fingerprint density at radius 2 is 1.81 bits per heavy atom. The van der Waals surface area contributed by atoms with Gasteiger partial charge < -0.3 is 4.74 Å². The predicted octanol–water partition coefficient (Wildman–Crippen LogP) is 5.42. The van der Waals surface area contributed by atoms with Crippen molar-refractivity contribution in [3.63, 3.8) is 0 Å². The lowest BCUT2D eigenvalue weighted by Crippen LogP contribution is -2.14. The third-order valence-electron chi connectivity index (χ3n) is 3.95. The molecule has 0 saturated heterocycles. The lowest BCUT2D eigenvalue weighted by molar-refractivity contribution is 0.309. The van der Waals surface area contributed by atoms with Crippen LogP contribution in [-0.2, 0) is 0 Å². The molecule has 2 rings (SSSR count). The fourth-order valence-electron chi connectivity index (χ4n) is 2.90. The number of allylic oxidation sites excluding steroid dienone is 1. The van der Waals surface area contributed by atoms with E-state index in [9.17, 15) is 17.6 Å². The van der Waals surface area contributed by atoms with E-state index in [4.69, 9.17) is 4.74 Å². The van der Waals surface area contributed by atoms with E-state index in [1.165, 1.54) is 6.07 Å². The molecule has 1 fully saturated rings. The van der Waals surface area contributed by atoms with Crippen LogP contribution in [0.5, 0.6) is 5.75 Å². The molecule has 5 heteroatoms. The van der Waals surface area contributed by atoms with E-state index in [0.717, 1.165) is 6.08 Å². The molecule has 21 heavy (non-hydrogen) atoms. The predicted molar refractivity (Wildman–Crippen MR) is 72.5 cm³/mol. The highest BCUT2D eigenvalue weighted by atomic mass is 19.3. The Morgan fingerprint density at radius 3 is 2.38 bits per heavy atom. The minimum Gasteiger partial charge on any atom is -0.491 e. The Morgan fingerprint density at radius 1 is 1.14 bits per heavy atom. The van der Waals surface area contributed by atoms with Crippen LogP contribution in [0.3, 0.4) is 0 Å². The largest absolute Gasteiger partial charge is 0.491 e. The number of ether oxygens (including phenoxy) is 1. The first-order valence-electron chi connectivity index (χ1n) is 7.16. The minimum absolute atomic E-state index is 0.0881. The van der Waals surface area contributed by atoms with E-state index in [1.54, 1.807) is 13.0 Å². The van der Waals surface area contributed by atoms with Crippen LogP contribution in [0.25, 0.3) is 0 Å². The zero-order valence-corrected chi connectivity index (χ0v) is 11.8. The van der Waals surface area contributed by atoms with Gasteiger partial charge in [-0.3, -0.25) is 0 Å². The third-order valence-corrected chi connectivity index (χ3v) is 3.95. The van der Waals surface area contributed by atoms with Crippen LogP contribution in [0.1, 0.15) is 44.1 Å². The molecule has 1 aromatic rings. The molecule has 1 aromatic carbocycles. The third kappa shape index (κ3) is 3.77. The van der Waals surface area contributed by atoms with Gasteiger partial charge in [0.05, 0.1) is 6.61 Å². The molecule has 0 aromatic heterocycles. The topological polar surface area (TPSA) is 9.23 Å². The summed E-state index contributed by atoms with van der Waals surface area (Å²) in [7, 11) is 0. The molecule has 0 radical (unpaired) electrons. The number of benzene rings is 1. The van der Waals surface area contributed by atoms with Gasteiger partial charge in [-0.1, -0.05) is 6.07 Å². The SMILES string of the molecule is CCOc1ccc(C2CCC(C=C(F)F)CC2)c(F)c1F. The van der Waals surface area contributed by atoms with Gasteiger partial charge >= 0.3 is 0 Å². The van der Waals surface area contributed by atoms with Gasteiger partial charge in [-0.25, -0.2) is 4.39 Å². The van der Waals surface area contributed by atoms with Crippen molar-refractivity contribution in [2.24, 2.45) is 5.92 Å². The highest BCUT2D eigenvalue weighted by Gasteiger charge is 2.26. The van der Waals surface area contributed by atoms with Crippen LogP contribution in [-0.4, -0.2) is 6.61 Å². The molecule has 1 aliphatic rings. The van der Waals surface area contributed by atoms with Crippen LogP contribution in [0.4, 0.5) is 17.6 Å². The summed E-state index contributed by atoms with van der Waals surface area (Å²) in [5, 5.41) is 0. The fourth-order valence-corrected chi connectivity index (χ4v) is 2.90. The van der Waals surface area contributed by atoms with Gasteiger partial charge in [0.15, 0.2) is 11.6 Å². The molecule has 1 aliphatic carbocycles. The van der Waals surface area contributed by atoms with E-state index in [-0.39, 0.29) is 24.2 Å². The second-order valence-corrected chi connectivity index (χ2v) is 5.28. The summed E-state index contributed by atoms with van der Waals surface area (Å²) >= 11 is 0. The summed E-state index contributed by atoms with van der Waals surface area (Å²) < 4.78 is 57.4. The molecule has 116 valence electrons. The standard InChI is InChI=1S/C16H18F4O/c1-2-21-13-8-7-12(15(19)16(13)20)11-5-3-10(4-6-11)9-14(17)18/h7-11H,2-6H2,1H3. The molecule has 0 aliphatic heterocycles. The van der Waals surface area contributed by atoms with E-state index < -0.39 is 17.7 Å². The quantitative estimate of drug-likeness (QED) is 0.675. The van der Waals surface area contributed by atoms with Gasteiger partial charge in [0.2, 0.25) is 5.82 Å². The first-order valence-corrected chi connectivity index (χ1v) is 7.16. The Kier molecular flexibility index (Phi) is 5.26. The molecule has 0 heterocycles. The van der Waals surface area contributed by atoms with Crippen LogP contribution >= 0.6 is 0 Å². The average Bonchev–Trinajstić information content (AvgIpc) is 2.45. The van der Waals surface area contributed by atoms with Crippen LogP contribution < -0.4 is 4.74 Å². The van der Waals surface area contributed by atoms with Gasteiger partial charge in [-0.15, -0.1) is 0 Å². The highest BCUT2D eigenvalue weighted by Crippen LogP contribution is 2.39. The highest BCUT2D eigenvalue weighted by molar-refractivity contribution is 5.33. The summed E-state index contributed by atoms with van der Waals surface area (Å²) in [4.78, 5) is 0. The molecular weight excluding hydrogens is 284 g/mol. The molecule has 0 bridgehead atoms. The van der Waals surface area contributed by atoms with Crippen LogP contribution in [0.15, 0.2) is 24.3 Å². The summed E-state index contributed by atoms with van der Waals surface area (Å²) in [5.74, 6) is -2.22. The van der Waals surface area contributed by atoms with Crippen molar-refractivity contribution in [1.82, 2.24) is 0 Å². The number of hydrogen-bond acceptors (Lipinski definition) is 1. The van der Waals surface area contributed by atoms with E-state index >= 15 is 0 Å². The van der Waals surface area contributed by atoms with Crippen molar-refractivity contribution in [3.05, 3.63) is 41.5 Å². The molecule has 0 amide bonds. The lowest BCUT2D eigenvalue weighted by Gasteiger charge is -2.27. The van der Waals surface area contributed by atoms with Gasteiger partial charge in [-0.05, 0) is 62.1 Å². The van der Waals surface area contributed by atoms with E-state index in [1.807, 2.05) is 0 Å². The van der Waals surface area contributed by atoms with E-state index in [2.05, 4.69) is 0 Å². The fraction of sp³-hybridized carbons (Fsp3) is 0.500. The molecule has 0 spiro atoms. The Balaban J connectivity index is 2.10. The Labute approximate surface area is 121 Å². The van der Waals surface area contributed by atoms with Gasteiger partial charge in [0.25, 0.3) is 6.08 Å². The molecular formula is C16H18F4O. The number of rotatable bonds is 4. The van der Waals surface area contributed by atoms with Crippen molar-refractivity contribution >= 4 is 0 Å². The Hall–Kier alpha value is -1.52. The summed E-state index contributed by atoms with van der Waals surface area (Å²) in [5.41, 5.74) is 0.319. The zero-order chi connectivity index (χ0) is 15.4. The summed E-state index contributed by atoms with van der Waals surface area (Å²) in [6, 6.07) is 2.98. The van der Waals surface area contributed by atoms with Crippen molar-refractivity contribution in [2.45, 2.75) is 38.5 Å². The maximum atomic E-state index is 14.1. The molecule has 0 unspecified atom stereocenters. The van der Waals surface area contributed by atoms with Gasteiger partial charge in [0.1, 0.15) is 0 Å². The summed E-state index contributed by atoms with van der Waals surface area (Å²) in [6.07, 6.45) is 1.59. The van der Waals surface area contributed by atoms with Gasteiger partial charge in [-0.2, -0.15) is 13.2 Å². The first kappa shape index (κ1) is 15.9. The number of halogens is 4. The second-order valence-electron chi connectivity index (χ2n) is 5.28. The normalized spacial score (nSPS) is 22.0.